The highest BCUT2D eigenvalue weighted by Gasteiger charge is 2.39. The SMILES string of the molecule is CCC1(C(=O)Nc2cc(Cl)c(O)c(Cl)c2)CCCN1. The number of phenols is 1. The number of phenolic OH excluding ortho intramolecular Hbond substituents is 1. The van der Waals surface area contributed by atoms with Gasteiger partial charge in [0.1, 0.15) is 0 Å². The second-order valence-electron chi connectivity index (χ2n) is 4.71. The molecule has 0 saturated carbocycles. The lowest BCUT2D eigenvalue weighted by Crippen LogP contribution is -2.50. The lowest BCUT2D eigenvalue weighted by atomic mass is 9.93. The number of rotatable bonds is 3. The molecule has 1 heterocycles. The van der Waals surface area contributed by atoms with Crippen molar-refractivity contribution in [2.24, 2.45) is 0 Å². The van der Waals surface area contributed by atoms with Crippen LogP contribution >= 0.6 is 23.2 Å². The molecule has 0 aliphatic carbocycles. The summed E-state index contributed by atoms with van der Waals surface area (Å²) in [4.78, 5) is 12.4. The first-order chi connectivity index (χ1) is 8.98. The molecule has 0 bridgehead atoms. The number of hydrogen-bond acceptors (Lipinski definition) is 3. The van der Waals surface area contributed by atoms with Crippen LogP contribution < -0.4 is 10.6 Å². The van der Waals surface area contributed by atoms with E-state index in [1.807, 2.05) is 6.92 Å². The van der Waals surface area contributed by atoms with Crippen molar-refractivity contribution in [1.29, 1.82) is 0 Å². The van der Waals surface area contributed by atoms with Crippen molar-refractivity contribution in [3.8, 4) is 5.75 Å². The molecule has 1 aliphatic rings. The van der Waals surface area contributed by atoms with Gasteiger partial charge in [0.25, 0.3) is 0 Å². The summed E-state index contributed by atoms with van der Waals surface area (Å²) in [5, 5.41) is 15.8. The highest BCUT2D eigenvalue weighted by molar-refractivity contribution is 6.37. The van der Waals surface area contributed by atoms with Crippen LogP contribution in [0.1, 0.15) is 26.2 Å². The van der Waals surface area contributed by atoms with Crippen molar-refractivity contribution < 1.29 is 9.90 Å². The van der Waals surface area contributed by atoms with Crippen LogP contribution in [0, 0.1) is 0 Å². The molecule has 104 valence electrons. The van der Waals surface area contributed by atoms with Gasteiger partial charge in [-0.05, 0) is 37.9 Å². The van der Waals surface area contributed by atoms with Crippen LogP contribution in [0.5, 0.6) is 5.75 Å². The van der Waals surface area contributed by atoms with E-state index < -0.39 is 5.54 Å². The summed E-state index contributed by atoms with van der Waals surface area (Å²) in [5.41, 5.74) is -0.0315. The van der Waals surface area contributed by atoms with Gasteiger partial charge in [-0.1, -0.05) is 30.1 Å². The molecule has 0 aromatic heterocycles. The van der Waals surface area contributed by atoms with E-state index in [4.69, 9.17) is 23.2 Å². The lowest BCUT2D eigenvalue weighted by molar-refractivity contribution is -0.122. The predicted molar refractivity (Wildman–Crippen MR) is 77.0 cm³/mol. The van der Waals surface area contributed by atoms with Gasteiger partial charge in [0.05, 0.1) is 15.6 Å². The van der Waals surface area contributed by atoms with Gasteiger partial charge in [-0.25, -0.2) is 0 Å². The monoisotopic (exact) mass is 302 g/mol. The third kappa shape index (κ3) is 2.81. The van der Waals surface area contributed by atoms with Crippen LogP contribution in [0.3, 0.4) is 0 Å². The van der Waals surface area contributed by atoms with Crippen molar-refractivity contribution in [2.45, 2.75) is 31.7 Å². The van der Waals surface area contributed by atoms with Gasteiger partial charge in [-0.15, -0.1) is 0 Å². The zero-order valence-electron chi connectivity index (χ0n) is 10.6. The quantitative estimate of drug-likeness (QED) is 0.752. The molecule has 1 saturated heterocycles. The normalized spacial score (nSPS) is 22.5. The highest BCUT2D eigenvalue weighted by Crippen LogP contribution is 2.35. The number of nitrogens with one attached hydrogen (secondary N) is 2. The second kappa shape index (κ2) is 5.57. The van der Waals surface area contributed by atoms with Gasteiger partial charge in [-0.3, -0.25) is 4.79 Å². The highest BCUT2D eigenvalue weighted by atomic mass is 35.5. The van der Waals surface area contributed by atoms with Crippen LogP contribution in [0.25, 0.3) is 0 Å². The first kappa shape index (κ1) is 14.4. The fraction of sp³-hybridized carbons (Fsp3) is 0.462. The molecule has 1 atom stereocenters. The molecule has 1 aromatic carbocycles. The minimum absolute atomic E-state index is 0.0923. The summed E-state index contributed by atoms with van der Waals surface area (Å²) < 4.78 is 0. The van der Waals surface area contributed by atoms with Gasteiger partial charge in [0.2, 0.25) is 5.91 Å². The maximum Gasteiger partial charge on any atom is 0.244 e. The zero-order chi connectivity index (χ0) is 14.0. The molecule has 0 spiro atoms. The first-order valence-corrected chi connectivity index (χ1v) is 6.98. The fourth-order valence-corrected chi connectivity index (χ4v) is 2.84. The molecule has 4 nitrogen and oxygen atoms in total. The summed E-state index contributed by atoms with van der Waals surface area (Å²) in [7, 11) is 0. The summed E-state index contributed by atoms with van der Waals surface area (Å²) in [6.45, 7) is 2.83. The fourth-order valence-electron chi connectivity index (χ4n) is 2.35. The maximum atomic E-state index is 12.4. The van der Waals surface area contributed by atoms with Crippen LogP contribution in [0.2, 0.25) is 10.0 Å². The summed E-state index contributed by atoms with van der Waals surface area (Å²) in [6, 6.07) is 2.97. The second-order valence-corrected chi connectivity index (χ2v) is 5.52. The predicted octanol–water partition coefficient (Wildman–Crippen LogP) is 3.17. The van der Waals surface area contributed by atoms with Crippen LogP contribution in [0.4, 0.5) is 5.69 Å². The number of amides is 1. The Hall–Kier alpha value is -0.970. The van der Waals surface area contributed by atoms with Gasteiger partial charge in [0.15, 0.2) is 5.75 Å². The number of hydrogen-bond donors (Lipinski definition) is 3. The van der Waals surface area contributed by atoms with Crippen LogP contribution in [-0.2, 0) is 4.79 Å². The molecule has 1 unspecified atom stereocenters. The number of aromatic hydroxyl groups is 1. The average molecular weight is 303 g/mol. The molecular formula is C13H16Cl2N2O2. The number of halogens is 2. The van der Waals surface area contributed by atoms with Gasteiger partial charge >= 0.3 is 0 Å². The number of anilines is 1. The average Bonchev–Trinajstić information content (AvgIpc) is 2.85. The third-order valence-electron chi connectivity index (χ3n) is 3.56. The minimum Gasteiger partial charge on any atom is -0.505 e. The van der Waals surface area contributed by atoms with Gasteiger partial charge < -0.3 is 15.7 Å². The van der Waals surface area contributed by atoms with E-state index in [9.17, 15) is 9.90 Å². The summed E-state index contributed by atoms with van der Waals surface area (Å²) in [6.07, 6.45) is 2.52. The maximum absolute atomic E-state index is 12.4. The van der Waals surface area contributed by atoms with Crippen molar-refractivity contribution in [3.63, 3.8) is 0 Å². The largest absolute Gasteiger partial charge is 0.505 e. The van der Waals surface area contributed by atoms with E-state index in [1.165, 1.54) is 12.1 Å². The van der Waals surface area contributed by atoms with Gasteiger partial charge in [-0.2, -0.15) is 0 Å². The van der Waals surface area contributed by atoms with Crippen molar-refractivity contribution >= 4 is 34.8 Å². The number of carbonyl (C=O) groups is 1. The third-order valence-corrected chi connectivity index (χ3v) is 4.13. The molecule has 1 fully saturated rings. The smallest absolute Gasteiger partial charge is 0.244 e. The molecule has 1 aromatic rings. The molecule has 19 heavy (non-hydrogen) atoms. The zero-order valence-corrected chi connectivity index (χ0v) is 12.1. The Morgan fingerprint density at radius 2 is 2.11 bits per heavy atom. The summed E-state index contributed by atoms with van der Waals surface area (Å²) >= 11 is 11.7. The number of benzene rings is 1. The van der Waals surface area contributed by atoms with E-state index in [2.05, 4.69) is 10.6 Å². The Kier molecular flexibility index (Phi) is 4.23. The van der Waals surface area contributed by atoms with Crippen molar-refractivity contribution in [2.75, 3.05) is 11.9 Å². The first-order valence-electron chi connectivity index (χ1n) is 6.23. The molecule has 1 aliphatic heterocycles. The van der Waals surface area contributed by atoms with E-state index in [0.717, 1.165) is 25.8 Å². The Morgan fingerprint density at radius 3 is 2.58 bits per heavy atom. The van der Waals surface area contributed by atoms with Crippen molar-refractivity contribution in [1.82, 2.24) is 5.32 Å². The number of carbonyl (C=O) groups excluding carboxylic acids is 1. The molecular weight excluding hydrogens is 287 g/mol. The topological polar surface area (TPSA) is 61.4 Å². The molecule has 0 radical (unpaired) electrons. The Balaban J connectivity index is 2.19. The van der Waals surface area contributed by atoms with Crippen molar-refractivity contribution in [3.05, 3.63) is 22.2 Å². The molecule has 3 N–H and O–H groups in total. The molecule has 2 rings (SSSR count). The van der Waals surface area contributed by atoms with Crippen LogP contribution in [-0.4, -0.2) is 23.1 Å². The minimum atomic E-state index is -0.517. The Labute approximate surface area is 122 Å². The van der Waals surface area contributed by atoms with E-state index in [1.54, 1.807) is 0 Å². The van der Waals surface area contributed by atoms with E-state index >= 15 is 0 Å². The van der Waals surface area contributed by atoms with E-state index in [0.29, 0.717) is 5.69 Å². The Morgan fingerprint density at radius 1 is 1.47 bits per heavy atom. The standard InChI is InChI=1S/C13H16Cl2N2O2/c1-2-13(4-3-5-16-13)12(19)17-8-6-9(14)11(18)10(15)7-8/h6-7,16,18H,2-5H2,1H3,(H,17,19). The summed E-state index contributed by atoms with van der Waals surface area (Å²) in [5.74, 6) is -0.268. The lowest BCUT2D eigenvalue weighted by Gasteiger charge is -2.26. The van der Waals surface area contributed by atoms with Gasteiger partial charge in [0, 0.05) is 5.69 Å². The van der Waals surface area contributed by atoms with E-state index in [-0.39, 0.29) is 21.7 Å². The molecule has 6 heteroatoms. The Bertz CT molecular complexity index is 476. The molecule has 1 amide bonds. The van der Waals surface area contributed by atoms with Crippen LogP contribution in [0.15, 0.2) is 12.1 Å².